The van der Waals surface area contributed by atoms with Crippen LogP contribution in [0.1, 0.15) is 130 Å². The van der Waals surface area contributed by atoms with E-state index >= 15 is 0 Å². The predicted molar refractivity (Wildman–Crippen MR) is 283 cm³/mol. The van der Waals surface area contributed by atoms with E-state index in [9.17, 15) is 0 Å². The molecule has 0 saturated carbocycles. The van der Waals surface area contributed by atoms with Crippen LogP contribution in [-0.2, 0) is 27.1 Å². The van der Waals surface area contributed by atoms with E-state index < -0.39 is 0 Å². The van der Waals surface area contributed by atoms with Crippen molar-refractivity contribution >= 4 is 57.2 Å². The highest BCUT2D eigenvalue weighted by atomic mass is 15.2. The third kappa shape index (κ3) is 7.08. The summed E-state index contributed by atoms with van der Waals surface area (Å²) in [5.74, 6) is 0. The summed E-state index contributed by atoms with van der Waals surface area (Å²) in [6, 6.07) is 54.3. The molecule has 3 heteroatoms. The predicted octanol–water partition coefficient (Wildman–Crippen LogP) is 15.3. The van der Waals surface area contributed by atoms with Crippen molar-refractivity contribution in [2.45, 2.75) is 130 Å². The van der Waals surface area contributed by atoms with E-state index in [0.29, 0.717) is 0 Å². The van der Waals surface area contributed by atoms with Crippen LogP contribution in [0.15, 0.2) is 140 Å². The maximum Gasteiger partial charge on any atom is 0.252 e. The summed E-state index contributed by atoms with van der Waals surface area (Å²) in [7, 11) is 0. The van der Waals surface area contributed by atoms with Gasteiger partial charge in [-0.3, -0.25) is 0 Å². The number of hydrogen-bond acceptors (Lipinski definition) is 2. The number of aryl methyl sites for hydroxylation is 1. The second-order valence-corrected chi connectivity index (χ2v) is 23.9. The summed E-state index contributed by atoms with van der Waals surface area (Å²) in [5, 5.41) is 0. The molecule has 7 aromatic carbocycles. The topological polar surface area (TPSA) is 6.48 Å². The minimum Gasteiger partial charge on any atom is -0.311 e. The van der Waals surface area contributed by atoms with Crippen LogP contribution in [0.3, 0.4) is 0 Å². The first-order valence-electron chi connectivity index (χ1n) is 24.0. The molecule has 7 aromatic rings. The fourth-order valence-corrected chi connectivity index (χ4v) is 11.7. The average Bonchev–Trinajstić information content (AvgIpc) is 3.43. The van der Waals surface area contributed by atoms with E-state index in [-0.39, 0.29) is 33.8 Å². The molecule has 2 aliphatic heterocycles. The van der Waals surface area contributed by atoms with E-state index in [4.69, 9.17) is 0 Å². The molecule has 2 nitrogen and oxygen atoms in total. The molecule has 0 amide bonds. The van der Waals surface area contributed by atoms with Gasteiger partial charge in [0.15, 0.2) is 0 Å². The van der Waals surface area contributed by atoms with Gasteiger partial charge < -0.3 is 9.80 Å². The lowest BCUT2D eigenvalue weighted by molar-refractivity contribution is 0.403. The van der Waals surface area contributed by atoms with Crippen LogP contribution in [-0.4, -0.2) is 6.71 Å². The van der Waals surface area contributed by atoms with Crippen molar-refractivity contribution in [3.8, 4) is 22.3 Å². The lowest BCUT2D eigenvalue weighted by atomic mass is 9.33. The molecule has 0 spiro atoms. The lowest BCUT2D eigenvalue weighted by Crippen LogP contribution is -2.61. The van der Waals surface area contributed by atoms with Gasteiger partial charge in [0.05, 0.1) is 5.69 Å². The highest BCUT2D eigenvalue weighted by molar-refractivity contribution is 7.00. The normalized spacial score (nSPS) is 15.9. The van der Waals surface area contributed by atoms with Crippen LogP contribution >= 0.6 is 0 Å². The smallest absolute Gasteiger partial charge is 0.252 e. The number of nitrogens with zero attached hydrogens (tertiary/aromatic N) is 2. The fraction of sp³-hybridized carbons (Fsp3) is 0.323. The van der Waals surface area contributed by atoms with E-state index in [1.807, 2.05) is 0 Å². The van der Waals surface area contributed by atoms with Gasteiger partial charge in [-0.2, -0.15) is 0 Å². The van der Waals surface area contributed by atoms with Gasteiger partial charge in [-0.25, -0.2) is 0 Å². The number of rotatable bonds is 4. The molecule has 0 N–H and O–H groups in total. The quantitative estimate of drug-likeness (QED) is 0.163. The Hall–Kier alpha value is -5.80. The molecule has 0 bridgehead atoms. The molecule has 65 heavy (non-hydrogen) atoms. The fourth-order valence-electron chi connectivity index (χ4n) is 11.7. The standard InChI is InChI=1S/C62H67BN2/c1-39-30-54-56-55(31-39)65(57-46(40-22-17-15-18-23-40)33-44(60(8,9)10)34-47(57)41-24-19-16-20-25-41)53-37-49-48(61(11,12)38-62(49,13)14)36-51(53)63(56)50-29-28-43(59(5,6)7)35-52(50)64(54)45-27-21-26-42(32-45)58(2,3)4/h15-37H,38H2,1-14H3. The Morgan fingerprint density at radius 1 is 0.446 bits per heavy atom. The highest BCUT2D eigenvalue weighted by Gasteiger charge is 2.49. The molecule has 3 aliphatic rings. The maximum atomic E-state index is 2.72. The van der Waals surface area contributed by atoms with Crippen LogP contribution in [0.2, 0.25) is 0 Å². The monoisotopic (exact) mass is 851 g/mol. The lowest BCUT2D eigenvalue weighted by Gasteiger charge is -2.46. The number of fused-ring (bicyclic) bond motifs is 5. The zero-order chi connectivity index (χ0) is 46.2. The molecule has 2 heterocycles. The molecule has 1 aliphatic carbocycles. The van der Waals surface area contributed by atoms with Crippen molar-refractivity contribution in [2.75, 3.05) is 9.80 Å². The Labute approximate surface area is 390 Å². The molecule has 0 saturated heterocycles. The number of anilines is 6. The molecule has 0 atom stereocenters. The molecule has 328 valence electrons. The molecular formula is C62H67BN2. The first kappa shape index (κ1) is 43.1. The van der Waals surface area contributed by atoms with E-state index in [2.05, 4.69) is 246 Å². The molecular weight excluding hydrogens is 784 g/mol. The van der Waals surface area contributed by atoms with Crippen molar-refractivity contribution in [3.63, 3.8) is 0 Å². The zero-order valence-electron chi connectivity index (χ0n) is 41.5. The SMILES string of the molecule is Cc1cc2c3c(c1)N(c1c(-c4ccccc4)cc(C(C)(C)C)cc1-c1ccccc1)c1cc4c(cc1B3c1ccc(C(C)(C)C)cc1N2c1cccc(C(C)(C)C)c1)C(C)(C)CC4(C)C. The number of hydrogen-bond donors (Lipinski definition) is 0. The van der Waals surface area contributed by atoms with Crippen molar-refractivity contribution in [1.82, 2.24) is 0 Å². The van der Waals surface area contributed by atoms with Crippen LogP contribution < -0.4 is 26.2 Å². The Morgan fingerprint density at radius 2 is 0.954 bits per heavy atom. The highest BCUT2D eigenvalue weighted by Crippen LogP contribution is 2.55. The first-order valence-corrected chi connectivity index (χ1v) is 24.0. The van der Waals surface area contributed by atoms with E-state index in [1.54, 1.807) is 0 Å². The van der Waals surface area contributed by atoms with Gasteiger partial charge in [0.25, 0.3) is 6.71 Å². The van der Waals surface area contributed by atoms with Crippen molar-refractivity contribution in [2.24, 2.45) is 0 Å². The Morgan fingerprint density at radius 3 is 1.51 bits per heavy atom. The van der Waals surface area contributed by atoms with Gasteiger partial charge >= 0.3 is 0 Å². The van der Waals surface area contributed by atoms with Crippen molar-refractivity contribution in [1.29, 1.82) is 0 Å². The van der Waals surface area contributed by atoms with Crippen LogP contribution in [0.4, 0.5) is 34.1 Å². The van der Waals surface area contributed by atoms with Crippen molar-refractivity contribution in [3.05, 3.63) is 173 Å². The number of benzene rings is 7. The van der Waals surface area contributed by atoms with Gasteiger partial charge in [0.2, 0.25) is 0 Å². The molecule has 0 unspecified atom stereocenters. The summed E-state index contributed by atoms with van der Waals surface area (Å²) < 4.78 is 0. The summed E-state index contributed by atoms with van der Waals surface area (Å²) >= 11 is 0. The minimum atomic E-state index is -0.0763. The second-order valence-electron chi connectivity index (χ2n) is 23.9. The molecule has 10 rings (SSSR count). The average molecular weight is 851 g/mol. The van der Waals surface area contributed by atoms with Gasteiger partial charge in [-0.05, 0) is 150 Å². The third-order valence-electron chi connectivity index (χ3n) is 14.9. The summed E-state index contributed by atoms with van der Waals surface area (Å²) in [6.07, 6.45) is 1.11. The maximum absolute atomic E-state index is 2.72. The van der Waals surface area contributed by atoms with Gasteiger partial charge in [-0.1, -0.05) is 181 Å². The first-order chi connectivity index (χ1) is 30.5. The summed E-state index contributed by atoms with van der Waals surface area (Å²) in [6.45, 7) is 33.3. The van der Waals surface area contributed by atoms with Gasteiger partial charge in [-0.15, -0.1) is 0 Å². The van der Waals surface area contributed by atoms with Crippen LogP contribution in [0, 0.1) is 6.92 Å². The van der Waals surface area contributed by atoms with Crippen molar-refractivity contribution < 1.29 is 0 Å². The Bertz CT molecular complexity index is 2960. The molecule has 0 radical (unpaired) electrons. The Balaban J connectivity index is 1.39. The Kier molecular flexibility index (Phi) is 9.69. The van der Waals surface area contributed by atoms with Crippen LogP contribution in [0.5, 0.6) is 0 Å². The minimum absolute atomic E-state index is 0.00591. The summed E-state index contributed by atoms with van der Waals surface area (Å²) in [5.41, 5.74) is 24.7. The van der Waals surface area contributed by atoms with E-state index in [0.717, 1.165) is 6.42 Å². The van der Waals surface area contributed by atoms with Gasteiger partial charge in [0.1, 0.15) is 0 Å². The van der Waals surface area contributed by atoms with E-state index in [1.165, 1.54) is 106 Å². The summed E-state index contributed by atoms with van der Waals surface area (Å²) in [4.78, 5) is 5.33. The largest absolute Gasteiger partial charge is 0.311 e. The van der Waals surface area contributed by atoms with Gasteiger partial charge in [0, 0.05) is 39.6 Å². The third-order valence-corrected chi connectivity index (χ3v) is 14.9. The zero-order valence-corrected chi connectivity index (χ0v) is 41.5. The second kappa shape index (κ2) is 14.6. The molecule has 0 fully saturated rings. The van der Waals surface area contributed by atoms with Crippen LogP contribution in [0.25, 0.3) is 22.3 Å². The molecule has 0 aromatic heterocycles.